The molecule has 0 heterocycles. The normalized spacial score (nSPS) is 17.9. The molecule has 0 saturated heterocycles. The molecule has 14 heavy (non-hydrogen) atoms. The molecule has 82 valence electrons. The van der Waals surface area contributed by atoms with Gasteiger partial charge in [-0.05, 0) is 26.7 Å². The SMILES string of the molecule is CCN(C(=O)CNCC(C)O)C1CC1. The van der Waals surface area contributed by atoms with Gasteiger partial charge in [-0.2, -0.15) is 0 Å². The summed E-state index contributed by atoms with van der Waals surface area (Å²) in [6.45, 7) is 5.32. The molecule has 0 spiro atoms. The van der Waals surface area contributed by atoms with Crippen LogP contribution >= 0.6 is 0 Å². The Morgan fingerprint density at radius 1 is 1.64 bits per heavy atom. The molecule has 1 aliphatic rings. The molecule has 4 heteroatoms. The zero-order valence-corrected chi connectivity index (χ0v) is 8.99. The van der Waals surface area contributed by atoms with Crippen LogP contribution in [0.5, 0.6) is 0 Å². The van der Waals surface area contributed by atoms with Crippen LogP contribution in [-0.4, -0.2) is 47.7 Å². The summed E-state index contributed by atoms with van der Waals surface area (Å²) in [5.41, 5.74) is 0. The molecule has 1 amide bonds. The van der Waals surface area contributed by atoms with Gasteiger partial charge in [0.25, 0.3) is 0 Å². The van der Waals surface area contributed by atoms with E-state index in [1.165, 1.54) is 0 Å². The number of hydrogen-bond donors (Lipinski definition) is 2. The van der Waals surface area contributed by atoms with Crippen molar-refractivity contribution in [2.45, 2.75) is 38.8 Å². The second-order valence-electron chi connectivity index (χ2n) is 3.89. The number of carbonyl (C=O) groups is 1. The summed E-state index contributed by atoms with van der Waals surface area (Å²) in [7, 11) is 0. The minimum atomic E-state index is -0.390. The van der Waals surface area contributed by atoms with Crippen molar-refractivity contribution < 1.29 is 9.90 Å². The molecule has 0 aromatic carbocycles. The van der Waals surface area contributed by atoms with Crippen LogP contribution in [0.2, 0.25) is 0 Å². The summed E-state index contributed by atoms with van der Waals surface area (Å²) in [5.74, 6) is 0.149. The molecular formula is C10H20N2O2. The van der Waals surface area contributed by atoms with E-state index in [2.05, 4.69) is 5.32 Å². The maximum atomic E-state index is 11.6. The molecule has 1 aliphatic carbocycles. The molecule has 1 atom stereocenters. The lowest BCUT2D eigenvalue weighted by molar-refractivity contribution is -0.130. The Morgan fingerprint density at radius 2 is 2.29 bits per heavy atom. The van der Waals surface area contributed by atoms with Crippen LogP contribution in [0.25, 0.3) is 0 Å². The number of rotatable bonds is 6. The highest BCUT2D eigenvalue weighted by molar-refractivity contribution is 5.78. The van der Waals surface area contributed by atoms with Crippen molar-refractivity contribution in [1.29, 1.82) is 0 Å². The molecule has 1 saturated carbocycles. The molecule has 0 bridgehead atoms. The zero-order valence-electron chi connectivity index (χ0n) is 8.99. The number of aliphatic hydroxyl groups excluding tert-OH is 1. The standard InChI is InChI=1S/C10H20N2O2/c1-3-12(9-4-5-9)10(14)7-11-6-8(2)13/h8-9,11,13H,3-7H2,1-2H3. The van der Waals surface area contributed by atoms with Crippen LogP contribution in [-0.2, 0) is 4.79 Å². The van der Waals surface area contributed by atoms with Crippen molar-refractivity contribution in [3.05, 3.63) is 0 Å². The first-order chi connectivity index (χ1) is 6.65. The largest absolute Gasteiger partial charge is 0.392 e. The zero-order chi connectivity index (χ0) is 10.6. The molecule has 1 unspecified atom stereocenters. The number of hydrogen-bond acceptors (Lipinski definition) is 3. The summed E-state index contributed by atoms with van der Waals surface area (Å²) >= 11 is 0. The fourth-order valence-corrected chi connectivity index (χ4v) is 1.51. The number of nitrogens with one attached hydrogen (secondary N) is 1. The fourth-order valence-electron chi connectivity index (χ4n) is 1.51. The van der Waals surface area contributed by atoms with Crippen LogP contribution in [0.4, 0.5) is 0 Å². The maximum Gasteiger partial charge on any atom is 0.236 e. The highest BCUT2D eigenvalue weighted by Crippen LogP contribution is 2.26. The van der Waals surface area contributed by atoms with Crippen molar-refractivity contribution in [2.75, 3.05) is 19.6 Å². The van der Waals surface area contributed by atoms with Crippen molar-refractivity contribution in [3.63, 3.8) is 0 Å². The first-order valence-electron chi connectivity index (χ1n) is 5.33. The Labute approximate surface area is 85.3 Å². The quantitative estimate of drug-likeness (QED) is 0.633. The molecule has 4 nitrogen and oxygen atoms in total. The topological polar surface area (TPSA) is 52.6 Å². The third-order valence-electron chi connectivity index (χ3n) is 2.36. The van der Waals surface area contributed by atoms with Crippen molar-refractivity contribution in [2.24, 2.45) is 0 Å². The van der Waals surface area contributed by atoms with Crippen LogP contribution in [0, 0.1) is 0 Å². The van der Waals surface area contributed by atoms with E-state index in [0.29, 0.717) is 19.1 Å². The number of carbonyl (C=O) groups excluding carboxylic acids is 1. The van der Waals surface area contributed by atoms with Gasteiger partial charge >= 0.3 is 0 Å². The summed E-state index contributed by atoms with van der Waals surface area (Å²) in [6.07, 6.45) is 1.91. The van der Waals surface area contributed by atoms with Crippen LogP contribution < -0.4 is 5.32 Å². The second kappa shape index (κ2) is 5.32. The number of aliphatic hydroxyl groups is 1. The molecular weight excluding hydrogens is 180 g/mol. The molecule has 0 radical (unpaired) electrons. The Kier molecular flexibility index (Phi) is 4.35. The van der Waals surface area contributed by atoms with Gasteiger partial charge in [0.15, 0.2) is 0 Å². The Hall–Kier alpha value is -0.610. The third-order valence-corrected chi connectivity index (χ3v) is 2.36. The highest BCUT2D eigenvalue weighted by Gasteiger charge is 2.30. The van der Waals surface area contributed by atoms with E-state index >= 15 is 0 Å². The predicted octanol–water partition coefficient (Wildman–Crippen LogP) is -0.0323. The molecule has 0 aliphatic heterocycles. The van der Waals surface area contributed by atoms with Crippen molar-refractivity contribution in [1.82, 2.24) is 10.2 Å². The Bertz CT molecular complexity index is 191. The van der Waals surface area contributed by atoms with E-state index in [0.717, 1.165) is 19.4 Å². The van der Waals surface area contributed by atoms with Gasteiger partial charge in [-0.15, -0.1) is 0 Å². The average molecular weight is 200 g/mol. The summed E-state index contributed by atoms with van der Waals surface area (Å²) in [6, 6.07) is 0.487. The first kappa shape index (κ1) is 11.5. The number of amides is 1. The third kappa shape index (κ3) is 3.64. The van der Waals surface area contributed by atoms with Gasteiger partial charge in [0.05, 0.1) is 12.6 Å². The smallest absolute Gasteiger partial charge is 0.236 e. The van der Waals surface area contributed by atoms with E-state index in [4.69, 9.17) is 5.11 Å². The van der Waals surface area contributed by atoms with E-state index < -0.39 is 0 Å². The Morgan fingerprint density at radius 3 is 2.71 bits per heavy atom. The lowest BCUT2D eigenvalue weighted by Gasteiger charge is -2.20. The lowest BCUT2D eigenvalue weighted by Crippen LogP contribution is -2.41. The number of likely N-dealkylation sites (N-methyl/N-ethyl adjacent to an activating group) is 1. The highest BCUT2D eigenvalue weighted by atomic mass is 16.3. The first-order valence-corrected chi connectivity index (χ1v) is 5.33. The van der Waals surface area contributed by atoms with E-state index in [1.807, 2.05) is 11.8 Å². The molecule has 0 aromatic rings. The Balaban J connectivity index is 2.18. The van der Waals surface area contributed by atoms with Crippen LogP contribution in [0.15, 0.2) is 0 Å². The molecule has 1 rings (SSSR count). The summed E-state index contributed by atoms with van der Waals surface area (Å²) < 4.78 is 0. The van der Waals surface area contributed by atoms with Gasteiger partial charge in [0.1, 0.15) is 0 Å². The van der Waals surface area contributed by atoms with Crippen molar-refractivity contribution in [3.8, 4) is 0 Å². The number of nitrogens with zero attached hydrogens (tertiary/aromatic N) is 1. The fraction of sp³-hybridized carbons (Fsp3) is 0.900. The van der Waals surface area contributed by atoms with Gasteiger partial charge in [0, 0.05) is 19.1 Å². The van der Waals surface area contributed by atoms with E-state index in [1.54, 1.807) is 6.92 Å². The minimum absolute atomic E-state index is 0.149. The lowest BCUT2D eigenvalue weighted by atomic mass is 10.4. The van der Waals surface area contributed by atoms with E-state index in [9.17, 15) is 4.79 Å². The molecule has 1 fully saturated rings. The summed E-state index contributed by atoms with van der Waals surface area (Å²) in [4.78, 5) is 13.5. The monoisotopic (exact) mass is 200 g/mol. The molecule has 0 aromatic heterocycles. The maximum absolute atomic E-state index is 11.6. The van der Waals surface area contributed by atoms with Crippen LogP contribution in [0.3, 0.4) is 0 Å². The van der Waals surface area contributed by atoms with Gasteiger partial charge in [-0.3, -0.25) is 4.79 Å². The minimum Gasteiger partial charge on any atom is -0.392 e. The van der Waals surface area contributed by atoms with Gasteiger partial charge in [0.2, 0.25) is 5.91 Å². The van der Waals surface area contributed by atoms with Gasteiger partial charge in [-0.1, -0.05) is 0 Å². The van der Waals surface area contributed by atoms with Crippen molar-refractivity contribution >= 4 is 5.91 Å². The predicted molar refractivity (Wildman–Crippen MR) is 55.0 cm³/mol. The second-order valence-corrected chi connectivity index (χ2v) is 3.89. The van der Waals surface area contributed by atoms with E-state index in [-0.39, 0.29) is 12.0 Å². The average Bonchev–Trinajstić information content (AvgIpc) is 2.89. The van der Waals surface area contributed by atoms with Crippen LogP contribution in [0.1, 0.15) is 26.7 Å². The van der Waals surface area contributed by atoms with Gasteiger partial charge in [-0.25, -0.2) is 0 Å². The summed E-state index contributed by atoms with van der Waals surface area (Å²) in [5, 5.41) is 11.9. The van der Waals surface area contributed by atoms with Gasteiger partial charge < -0.3 is 15.3 Å². The molecule has 2 N–H and O–H groups in total.